The summed E-state index contributed by atoms with van der Waals surface area (Å²) in [6.07, 6.45) is 4.32. The van der Waals surface area contributed by atoms with E-state index < -0.39 is 0 Å². The van der Waals surface area contributed by atoms with E-state index in [4.69, 9.17) is 0 Å². The lowest BCUT2D eigenvalue weighted by atomic mass is 10.1. The van der Waals surface area contributed by atoms with Gasteiger partial charge in [-0.2, -0.15) is 0 Å². The molecule has 0 amide bonds. The average molecular weight is 301 g/mol. The maximum absolute atomic E-state index is 11.3. The van der Waals surface area contributed by atoms with Crippen molar-refractivity contribution >= 4 is 33.1 Å². The van der Waals surface area contributed by atoms with Crippen molar-refractivity contribution in [2.24, 2.45) is 0 Å². The largest absolute Gasteiger partial charge is 0.353 e. The number of hydrogen-bond donors (Lipinski definition) is 1. The summed E-state index contributed by atoms with van der Waals surface area (Å²) < 4.78 is 0.948. The van der Waals surface area contributed by atoms with Gasteiger partial charge in [0.15, 0.2) is 6.29 Å². The molecule has 1 N–H and O–H groups in total. The van der Waals surface area contributed by atoms with E-state index in [1.54, 1.807) is 12.4 Å². The number of pyridine rings is 1. The fraction of sp³-hybridized carbons (Fsp3) is 0. The lowest BCUT2D eigenvalue weighted by Crippen LogP contribution is -1.84. The molecule has 0 bridgehead atoms. The Balaban J connectivity index is 2.37. The van der Waals surface area contributed by atoms with Gasteiger partial charge in [0.2, 0.25) is 0 Å². The van der Waals surface area contributed by atoms with Crippen molar-refractivity contribution in [2.75, 3.05) is 0 Å². The molecule has 18 heavy (non-hydrogen) atoms. The molecule has 0 atom stereocenters. The van der Waals surface area contributed by atoms with Crippen LogP contribution in [0.3, 0.4) is 0 Å². The monoisotopic (exact) mass is 300 g/mol. The van der Waals surface area contributed by atoms with Crippen molar-refractivity contribution in [3.8, 4) is 11.3 Å². The van der Waals surface area contributed by atoms with E-state index in [0.29, 0.717) is 5.56 Å². The lowest BCUT2D eigenvalue weighted by Gasteiger charge is -1.97. The van der Waals surface area contributed by atoms with E-state index in [1.165, 1.54) is 0 Å². The van der Waals surface area contributed by atoms with E-state index in [0.717, 1.165) is 32.9 Å². The van der Waals surface area contributed by atoms with Gasteiger partial charge in [-0.25, -0.2) is 0 Å². The second-order valence-corrected chi connectivity index (χ2v) is 4.78. The van der Waals surface area contributed by atoms with Crippen LogP contribution in [0.1, 0.15) is 10.4 Å². The summed E-state index contributed by atoms with van der Waals surface area (Å²) in [6, 6.07) is 9.57. The molecule has 3 rings (SSSR count). The van der Waals surface area contributed by atoms with Crippen LogP contribution in [-0.4, -0.2) is 16.3 Å². The topological polar surface area (TPSA) is 45.8 Å². The molecule has 2 heterocycles. The Morgan fingerprint density at radius 2 is 1.94 bits per heavy atom. The molecule has 3 nitrogen and oxygen atoms in total. The van der Waals surface area contributed by atoms with Gasteiger partial charge < -0.3 is 4.98 Å². The molecule has 0 aliphatic heterocycles. The highest BCUT2D eigenvalue weighted by atomic mass is 79.9. The molecular weight excluding hydrogens is 292 g/mol. The number of aromatic amines is 1. The number of aromatic nitrogens is 2. The molecular formula is C14H9BrN2O. The van der Waals surface area contributed by atoms with Gasteiger partial charge in [0.1, 0.15) is 0 Å². The molecule has 0 spiro atoms. The van der Waals surface area contributed by atoms with Crippen molar-refractivity contribution in [3.05, 3.63) is 52.8 Å². The summed E-state index contributed by atoms with van der Waals surface area (Å²) in [4.78, 5) is 18.6. The van der Waals surface area contributed by atoms with Crippen molar-refractivity contribution < 1.29 is 4.79 Å². The van der Waals surface area contributed by atoms with Crippen molar-refractivity contribution in [1.29, 1.82) is 0 Å². The Kier molecular flexibility index (Phi) is 2.72. The zero-order valence-electron chi connectivity index (χ0n) is 9.35. The standard InChI is InChI=1S/C14H9BrN2O/c15-12-3-1-2-10-11(8-18)13(17-14(10)12)9-4-6-16-7-5-9/h1-8,17H. The minimum absolute atomic E-state index is 0.678. The minimum atomic E-state index is 0.678. The highest BCUT2D eigenvalue weighted by molar-refractivity contribution is 9.10. The maximum atomic E-state index is 11.3. The normalized spacial score (nSPS) is 10.7. The molecule has 0 radical (unpaired) electrons. The number of H-pyrrole nitrogens is 1. The van der Waals surface area contributed by atoms with Crippen molar-refractivity contribution in [2.45, 2.75) is 0 Å². The Bertz CT molecular complexity index is 719. The molecule has 0 fully saturated rings. The third kappa shape index (κ3) is 1.66. The fourth-order valence-corrected chi connectivity index (χ4v) is 2.54. The van der Waals surface area contributed by atoms with E-state index in [1.807, 2.05) is 30.3 Å². The van der Waals surface area contributed by atoms with Crippen molar-refractivity contribution in [1.82, 2.24) is 9.97 Å². The van der Waals surface area contributed by atoms with E-state index in [-0.39, 0.29) is 0 Å². The quantitative estimate of drug-likeness (QED) is 0.732. The van der Waals surface area contributed by atoms with Gasteiger partial charge in [-0.3, -0.25) is 9.78 Å². The number of fused-ring (bicyclic) bond motifs is 1. The summed E-state index contributed by atoms with van der Waals surface area (Å²) in [5, 5.41) is 0.922. The molecule has 4 heteroatoms. The van der Waals surface area contributed by atoms with Gasteiger partial charge in [0.05, 0.1) is 11.2 Å². The fourth-order valence-electron chi connectivity index (χ4n) is 2.07. The van der Waals surface area contributed by atoms with Crippen molar-refractivity contribution in [3.63, 3.8) is 0 Å². The number of carbonyl (C=O) groups excluding carboxylic acids is 1. The second-order valence-electron chi connectivity index (χ2n) is 3.93. The molecule has 1 aromatic carbocycles. The van der Waals surface area contributed by atoms with Crippen LogP contribution in [0.4, 0.5) is 0 Å². The number of carbonyl (C=O) groups is 1. The van der Waals surface area contributed by atoms with Gasteiger partial charge in [0.25, 0.3) is 0 Å². The smallest absolute Gasteiger partial charge is 0.152 e. The van der Waals surface area contributed by atoms with Crippen LogP contribution in [0.2, 0.25) is 0 Å². The third-order valence-corrected chi connectivity index (χ3v) is 3.57. The van der Waals surface area contributed by atoms with Crippen LogP contribution >= 0.6 is 15.9 Å². The van der Waals surface area contributed by atoms with E-state index in [2.05, 4.69) is 25.9 Å². The highest BCUT2D eigenvalue weighted by Crippen LogP contribution is 2.32. The molecule has 3 aromatic rings. The predicted molar refractivity (Wildman–Crippen MR) is 74.6 cm³/mol. The van der Waals surface area contributed by atoms with Gasteiger partial charge in [-0.15, -0.1) is 0 Å². The summed E-state index contributed by atoms with van der Waals surface area (Å²) in [6.45, 7) is 0. The summed E-state index contributed by atoms with van der Waals surface area (Å²) >= 11 is 3.49. The van der Waals surface area contributed by atoms with Gasteiger partial charge in [0, 0.05) is 33.4 Å². The van der Waals surface area contributed by atoms with Crippen LogP contribution in [0.25, 0.3) is 22.2 Å². The van der Waals surface area contributed by atoms with E-state index in [9.17, 15) is 4.79 Å². The molecule has 2 aromatic heterocycles. The Labute approximate surface area is 112 Å². The number of para-hydroxylation sites is 1. The first-order valence-corrected chi connectivity index (χ1v) is 6.26. The number of aldehydes is 1. The summed E-state index contributed by atoms with van der Waals surface area (Å²) in [5.74, 6) is 0. The first kappa shape index (κ1) is 11.2. The Morgan fingerprint density at radius 3 is 2.67 bits per heavy atom. The summed E-state index contributed by atoms with van der Waals surface area (Å²) in [7, 11) is 0. The van der Waals surface area contributed by atoms with Crippen LogP contribution in [0.5, 0.6) is 0 Å². The SMILES string of the molecule is O=Cc1c(-c2ccncc2)[nH]c2c(Br)cccc12. The molecule has 0 aliphatic carbocycles. The number of hydrogen-bond acceptors (Lipinski definition) is 2. The predicted octanol–water partition coefficient (Wildman–Crippen LogP) is 3.80. The molecule has 0 saturated carbocycles. The lowest BCUT2D eigenvalue weighted by molar-refractivity contribution is 0.112. The van der Waals surface area contributed by atoms with Crippen LogP contribution in [-0.2, 0) is 0 Å². The van der Waals surface area contributed by atoms with Gasteiger partial charge >= 0.3 is 0 Å². The van der Waals surface area contributed by atoms with Gasteiger partial charge in [-0.05, 0) is 34.1 Å². The number of nitrogens with one attached hydrogen (secondary N) is 1. The average Bonchev–Trinajstić information content (AvgIpc) is 2.80. The number of nitrogens with zero attached hydrogens (tertiary/aromatic N) is 1. The Hall–Kier alpha value is -1.94. The highest BCUT2D eigenvalue weighted by Gasteiger charge is 2.13. The maximum Gasteiger partial charge on any atom is 0.152 e. The Morgan fingerprint density at radius 1 is 1.17 bits per heavy atom. The molecule has 0 saturated heterocycles. The van der Waals surface area contributed by atoms with Gasteiger partial charge in [-0.1, -0.05) is 12.1 Å². The number of halogens is 1. The van der Waals surface area contributed by atoms with E-state index >= 15 is 0 Å². The van der Waals surface area contributed by atoms with Crippen LogP contribution in [0, 0.1) is 0 Å². The zero-order chi connectivity index (χ0) is 12.5. The van der Waals surface area contributed by atoms with Crippen LogP contribution in [0.15, 0.2) is 47.2 Å². The third-order valence-electron chi connectivity index (χ3n) is 2.91. The molecule has 0 aliphatic rings. The number of benzene rings is 1. The summed E-state index contributed by atoms with van der Waals surface area (Å²) in [5.41, 5.74) is 3.40. The zero-order valence-corrected chi connectivity index (χ0v) is 10.9. The minimum Gasteiger partial charge on any atom is -0.353 e. The first-order valence-electron chi connectivity index (χ1n) is 5.47. The first-order chi connectivity index (χ1) is 8.81. The molecule has 88 valence electrons. The second kappa shape index (κ2) is 4.38. The van der Waals surface area contributed by atoms with Crippen LogP contribution < -0.4 is 0 Å². The number of rotatable bonds is 2. The molecule has 0 unspecified atom stereocenters.